The Bertz CT molecular complexity index is 319. The fourth-order valence-corrected chi connectivity index (χ4v) is 5.58. The molecule has 0 aromatic rings. The van der Waals surface area contributed by atoms with Gasteiger partial charge in [0.2, 0.25) is 0 Å². The highest BCUT2D eigenvalue weighted by Crippen LogP contribution is 2.48. The van der Waals surface area contributed by atoms with Crippen LogP contribution in [-0.2, 0) is 19.7 Å². The Morgan fingerprint density at radius 1 is 1.12 bits per heavy atom. The Kier molecular flexibility index (Phi) is 3.66. The van der Waals surface area contributed by atoms with Crippen LogP contribution in [0.1, 0.15) is 52.4 Å². The van der Waals surface area contributed by atoms with E-state index in [0.717, 1.165) is 36.2 Å². The van der Waals surface area contributed by atoms with Gasteiger partial charge in [-0.05, 0) is 67.0 Å². The van der Waals surface area contributed by atoms with E-state index in [4.69, 9.17) is 11.2 Å². The lowest BCUT2D eigenvalue weighted by Gasteiger charge is -2.44. The first-order valence-electron chi connectivity index (χ1n) is 6.63. The Balaban J connectivity index is 1.93. The van der Waals surface area contributed by atoms with Gasteiger partial charge in [-0.25, -0.2) is 0 Å². The van der Waals surface area contributed by atoms with Gasteiger partial charge >= 0.3 is 0 Å². The number of hydrogen-bond acceptors (Lipinski definition) is 2. The monoisotopic (exact) mass is 260 g/mol. The van der Waals surface area contributed by atoms with Gasteiger partial charge in [0, 0.05) is 20.0 Å². The number of hydrogen-bond donors (Lipinski definition) is 0. The number of rotatable bonds is 1. The Morgan fingerprint density at radius 2 is 1.62 bits per heavy atom. The van der Waals surface area contributed by atoms with Gasteiger partial charge in [0.15, 0.2) is 0 Å². The molecule has 0 amide bonds. The SMILES string of the molecule is CC(C)C1CCC2(CC1)CCS(=O)(=S)CC2. The third-order valence-electron chi connectivity index (χ3n) is 4.92. The first-order chi connectivity index (χ1) is 7.43. The molecule has 0 aromatic heterocycles. The van der Waals surface area contributed by atoms with E-state index < -0.39 is 8.49 Å². The van der Waals surface area contributed by atoms with E-state index in [0.29, 0.717) is 5.41 Å². The molecule has 16 heavy (non-hydrogen) atoms. The van der Waals surface area contributed by atoms with Crippen LogP contribution in [0.2, 0.25) is 0 Å². The van der Waals surface area contributed by atoms with Crippen LogP contribution in [-0.4, -0.2) is 15.7 Å². The minimum Gasteiger partial charge on any atom is -0.257 e. The van der Waals surface area contributed by atoms with Crippen molar-refractivity contribution in [1.82, 2.24) is 0 Å². The zero-order valence-corrected chi connectivity index (χ0v) is 12.2. The van der Waals surface area contributed by atoms with Crippen LogP contribution in [0.3, 0.4) is 0 Å². The second-order valence-corrected chi connectivity index (χ2v) is 10.4. The molecule has 0 bridgehead atoms. The highest BCUT2D eigenvalue weighted by Gasteiger charge is 2.39. The fourth-order valence-electron chi connectivity index (χ4n) is 3.39. The van der Waals surface area contributed by atoms with Crippen molar-refractivity contribution in [1.29, 1.82) is 0 Å². The fraction of sp³-hybridized carbons (Fsp3) is 1.00. The molecule has 1 heterocycles. The molecule has 1 aliphatic carbocycles. The predicted molar refractivity (Wildman–Crippen MR) is 73.7 cm³/mol. The summed E-state index contributed by atoms with van der Waals surface area (Å²) in [5.74, 6) is 3.40. The van der Waals surface area contributed by atoms with E-state index in [9.17, 15) is 4.21 Å². The molecular formula is C13H24OS2. The molecule has 1 saturated heterocycles. The Morgan fingerprint density at radius 3 is 2.06 bits per heavy atom. The Hall–Kier alpha value is 0.370. The lowest BCUT2D eigenvalue weighted by atomic mass is 9.65. The van der Waals surface area contributed by atoms with Gasteiger partial charge in [-0.3, -0.25) is 4.21 Å². The van der Waals surface area contributed by atoms with E-state index in [1.54, 1.807) is 0 Å². The minimum absolute atomic E-state index is 0.533. The molecule has 1 nitrogen and oxygen atoms in total. The average molecular weight is 260 g/mol. The summed E-state index contributed by atoms with van der Waals surface area (Å²) in [7, 11) is -1.85. The lowest BCUT2D eigenvalue weighted by Crippen LogP contribution is -2.37. The lowest BCUT2D eigenvalue weighted by molar-refractivity contribution is 0.114. The summed E-state index contributed by atoms with van der Waals surface area (Å²) in [4.78, 5) is 0. The van der Waals surface area contributed by atoms with Crippen molar-refractivity contribution in [3.63, 3.8) is 0 Å². The third-order valence-corrected chi connectivity index (χ3v) is 7.57. The van der Waals surface area contributed by atoms with Gasteiger partial charge in [0.25, 0.3) is 0 Å². The summed E-state index contributed by atoms with van der Waals surface area (Å²) in [5.41, 5.74) is 0.533. The van der Waals surface area contributed by atoms with Crippen molar-refractivity contribution in [2.24, 2.45) is 17.3 Å². The van der Waals surface area contributed by atoms with Gasteiger partial charge in [-0.1, -0.05) is 13.8 Å². The van der Waals surface area contributed by atoms with Crippen LogP contribution in [0.4, 0.5) is 0 Å². The normalized spacial score (nSPS) is 45.1. The standard InChI is InChI=1S/C13H24OS2/c1-11(2)12-3-5-13(6-4-12)7-9-16(14,15)10-8-13/h11-12H,3-10H2,1-2H3. The molecule has 0 atom stereocenters. The molecule has 2 fully saturated rings. The molecule has 3 heteroatoms. The molecule has 2 rings (SSSR count). The molecular weight excluding hydrogens is 236 g/mol. The van der Waals surface area contributed by atoms with E-state index in [1.807, 2.05) is 0 Å². The van der Waals surface area contributed by atoms with Crippen LogP contribution in [0.5, 0.6) is 0 Å². The second-order valence-electron chi connectivity index (χ2n) is 6.23. The van der Waals surface area contributed by atoms with Crippen LogP contribution < -0.4 is 0 Å². The molecule has 1 saturated carbocycles. The van der Waals surface area contributed by atoms with Gasteiger partial charge in [-0.2, -0.15) is 0 Å². The van der Waals surface area contributed by atoms with Gasteiger partial charge < -0.3 is 0 Å². The smallest absolute Gasteiger partial charge is 0.0311 e. The van der Waals surface area contributed by atoms with Crippen molar-refractivity contribution in [3.05, 3.63) is 0 Å². The minimum atomic E-state index is -1.85. The van der Waals surface area contributed by atoms with Crippen molar-refractivity contribution < 1.29 is 4.21 Å². The van der Waals surface area contributed by atoms with E-state index in [-0.39, 0.29) is 0 Å². The van der Waals surface area contributed by atoms with Crippen molar-refractivity contribution in [2.45, 2.75) is 52.4 Å². The largest absolute Gasteiger partial charge is 0.257 e. The zero-order chi connectivity index (χ0) is 11.8. The first-order valence-corrected chi connectivity index (χ1v) is 9.45. The third kappa shape index (κ3) is 2.79. The average Bonchev–Trinajstić information content (AvgIpc) is 2.24. The van der Waals surface area contributed by atoms with Crippen molar-refractivity contribution in [2.75, 3.05) is 11.5 Å². The zero-order valence-electron chi connectivity index (χ0n) is 10.5. The maximum absolute atomic E-state index is 11.8. The summed E-state index contributed by atoms with van der Waals surface area (Å²) in [6.45, 7) is 4.69. The molecule has 1 spiro atoms. The first kappa shape index (κ1) is 12.8. The highest BCUT2D eigenvalue weighted by atomic mass is 32.8. The maximum atomic E-state index is 11.8. The summed E-state index contributed by atoms with van der Waals surface area (Å²) in [6, 6.07) is 0. The predicted octanol–water partition coefficient (Wildman–Crippen LogP) is 3.36. The topological polar surface area (TPSA) is 17.1 Å². The van der Waals surface area contributed by atoms with E-state index in [1.165, 1.54) is 25.7 Å². The maximum Gasteiger partial charge on any atom is 0.0311 e. The Labute approximate surface area is 105 Å². The second kappa shape index (κ2) is 4.56. The molecule has 0 N–H and O–H groups in total. The highest BCUT2D eigenvalue weighted by molar-refractivity contribution is 8.32. The molecule has 0 aromatic carbocycles. The quantitative estimate of drug-likeness (QED) is 0.719. The van der Waals surface area contributed by atoms with Crippen molar-refractivity contribution in [3.8, 4) is 0 Å². The van der Waals surface area contributed by atoms with Gasteiger partial charge in [0.05, 0.1) is 0 Å². The van der Waals surface area contributed by atoms with Gasteiger partial charge in [-0.15, -0.1) is 0 Å². The van der Waals surface area contributed by atoms with Crippen LogP contribution in [0, 0.1) is 17.3 Å². The van der Waals surface area contributed by atoms with Crippen molar-refractivity contribution >= 4 is 19.7 Å². The summed E-state index contributed by atoms with van der Waals surface area (Å²) >= 11 is 5.14. The van der Waals surface area contributed by atoms with Crippen LogP contribution in [0.25, 0.3) is 0 Å². The molecule has 0 radical (unpaired) electrons. The van der Waals surface area contributed by atoms with Crippen LogP contribution in [0.15, 0.2) is 0 Å². The van der Waals surface area contributed by atoms with E-state index >= 15 is 0 Å². The summed E-state index contributed by atoms with van der Waals surface area (Å²) < 4.78 is 11.8. The molecule has 94 valence electrons. The van der Waals surface area contributed by atoms with Gasteiger partial charge in [0.1, 0.15) is 0 Å². The van der Waals surface area contributed by atoms with Crippen LogP contribution >= 0.6 is 0 Å². The molecule has 2 aliphatic rings. The molecule has 0 unspecified atom stereocenters. The summed E-state index contributed by atoms with van der Waals surface area (Å²) in [5, 5.41) is 0. The molecule has 1 aliphatic heterocycles. The summed E-state index contributed by atoms with van der Waals surface area (Å²) in [6.07, 6.45) is 7.77. The van der Waals surface area contributed by atoms with E-state index in [2.05, 4.69) is 13.8 Å².